The Hall–Kier alpha value is -0.772. The second-order valence-electron chi connectivity index (χ2n) is 7.09. The molecule has 0 aromatic rings. The summed E-state index contributed by atoms with van der Waals surface area (Å²) in [7, 11) is 0. The zero-order valence-corrected chi connectivity index (χ0v) is 21.0. The summed E-state index contributed by atoms with van der Waals surface area (Å²) in [6.45, 7) is 11.2. The van der Waals surface area contributed by atoms with Crippen LogP contribution in [0.5, 0.6) is 0 Å². The van der Waals surface area contributed by atoms with E-state index in [4.69, 9.17) is 0 Å². The van der Waals surface area contributed by atoms with Gasteiger partial charge in [-0.3, -0.25) is 0 Å². The van der Waals surface area contributed by atoms with Gasteiger partial charge in [-0.05, 0) is 37.0 Å². The molecule has 0 saturated carbocycles. The van der Waals surface area contributed by atoms with Crippen molar-refractivity contribution in [3.8, 4) is 0 Å². The Bertz CT molecular complexity index is 330. The van der Waals surface area contributed by atoms with Crippen molar-refractivity contribution in [2.24, 2.45) is 17.8 Å². The summed E-state index contributed by atoms with van der Waals surface area (Å²) in [5.74, 6) is -3.60. The van der Waals surface area contributed by atoms with Crippen LogP contribution in [0.15, 0.2) is 0 Å². The predicted molar refractivity (Wildman–Crippen MR) is 107 cm³/mol. The number of aliphatic carboxylic acids is 3. The average Bonchev–Trinajstić information content (AvgIpc) is 2.62. The Morgan fingerprint density at radius 1 is 0.571 bits per heavy atom. The monoisotopic (exact) mass is 508 g/mol. The molecule has 164 valence electrons. The van der Waals surface area contributed by atoms with Crippen molar-refractivity contribution in [2.75, 3.05) is 0 Å². The SMILES string of the molecule is CCCCC(C)C(=O)[O-].CCCCC(C)C(=O)[O-].CCCCC(C)C(=O)[O-].[Sb+3]. The molecule has 0 aliphatic rings. The van der Waals surface area contributed by atoms with Crippen molar-refractivity contribution in [3.05, 3.63) is 0 Å². The van der Waals surface area contributed by atoms with Crippen molar-refractivity contribution < 1.29 is 29.7 Å². The van der Waals surface area contributed by atoms with Crippen LogP contribution >= 0.6 is 0 Å². The molecule has 7 heteroatoms. The fourth-order valence-electron chi connectivity index (χ4n) is 1.88. The van der Waals surface area contributed by atoms with Crippen molar-refractivity contribution in [1.82, 2.24) is 0 Å². The van der Waals surface area contributed by atoms with Gasteiger partial charge in [-0.1, -0.05) is 80.1 Å². The molecule has 0 fully saturated rings. The number of hydrogen-bond donors (Lipinski definition) is 0. The number of carbonyl (C=O) groups excluding carboxylic acids is 3. The van der Waals surface area contributed by atoms with Crippen molar-refractivity contribution in [2.45, 2.75) is 99.3 Å². The molecule has 0 aliphatic heterocycles. The Labute approximate surface area is 188 Å². The van der Waals surface area contributed by atoms with Crippen molar-refractivity contribution in [3.63, 3.8) is 0 Å². The largest absolute Gasteiger partial charge is 3.00 e. The minimum Gasteiger partial charge on any atom is -0.550 e. The Morgan fingerprint density at radius 3 is 0.857 bits per heavy atom. The number of carboxylic acid groups (broad SMARTS) is 3. The Balaban J connectivity index is -0.000000152. The average molecular weight is 509 g/mol. The molecule has 0 rings (SSSR count). The molecule has 0 aromatic heterocycles. The van der Waals surface area contributed by atoms with Gasteiger partial charge in [0.2, 0.25) is 0 Å². The van der Waals surface area contributed by atoms with Gasteiger partial charge in [-0.25, -0.2) is 0 Å². The predicted octanol–water partition coefficient (Wildman–Crippen LogP) is 1.31. The molecular formula is C21H39O6Sb. The summed E-state index contributed by atoms with van der Waals surface area (Å²) < 4.78 is 0. The smallest absolute Gasteiger partial charge is 0.550 e. The molecule has 0 bridgehead atoms. The van der Waals surface area contributed by atoms with E-state index in [9.17, 15) is 29.7 Å². The van der Waals surface area contributed by atoms with Crippen LogP contribution in [0.25, 0.3) is 0 Å². The number of carbonyl (C=O) groups is 3. The van der Waals surface area contributed by atoms with Crippen molar-refractivity contribution in [1.29, 1.82) is 0 Å². The minimum absolute atomic E-state index is 0. The van der Waals surface area contributed by atoms with E-state index in [2.05, 4.69) is 0 Å². The first-order chi connectivity index (χ1) is 12.5. The maximum Gasteiger partial charge on any atom is 3.00 e. The van der Waals surface area contributed by atoms with Crippen LogP contribution in [-0.2, 0) is 14.4 Å². The minimum atomic E-state index is -0.927. The second kappa shape index (κ2) is 24.3. The summed E-state index contributed by atoms with van der Waals surface area (Å²) in [6.07, 6.45) is 8.35. The molecule has 0 heterocycles. The zero-order chi connectivity index (χ0) is 21.8. The first-order valence-corrected chi connectivity index (χ1v) is 10.2. The van der Waals surface area contributed by atoms with Crippen LogP contribution in [0, 0.1) is 17.8 Å². The standard InChI is InChI=1S/3C7H14O2.Sb/c3*1-3-4-5-6(2)7(8)9;/h3*6H,3-5H2,1-2H3,(H,8,9);/q;;;+3/p-3. The van der Waals surface area contributed by atoms with E-state index < -0.39 is 17.9 Å². The topological polar surface area (TPSA) is 120 Å². The van der Waals surface area contributed by atoms with Gasteiger partial charge in [0, 0.05) is 17.9 Å². The quantitative estimate of drug-likeness (QED) is 0.366. The summed E-state index contributed by atoms with van der Waals surface area (Å²) in [6, 6.07) is 0. The molecule has 0 spiro atoms. The maximum absolute atomic E-state index is 10.1. The summed E-state index contributed by atoms with van der Waals surface area (Å²) in [5, 5.41) is 30.3. The van der Waals surface area contributed by atoms with Crippen LogP contribution in [0.1, 0.15) is 99.3 Å². The first-order valence-electron chi connectivity index (χ1n) is 10.2. The first kappa shape index (κ1) is 34.7. The van der Waals surface area contributed by atoms with Gasteiger partial charge in [-0.15, -0.1) is 0 Å². The molecule has 28 heavy (non-hydrogen) atoms. The summed E-state index contributed by atoms with van der Waals surface area (Å²) in [5.41, 5.74) is 0. The number of hydrogen-bond acceptors (Lipinski definition) is 6. The van der Waals surface area contributed by atoms with Crippen LogP contribution in [0.2, 0.25) is 0 Å². The molecule has 0 amide bonds. The fraction of sp³-hybridized carbons (Fsp3) is 0.857. The zero-order valence-electron chi connectivity index (χ0n) is 18.5. The fourth-order valence-corrected chi connectivity index (χ4v) is 1.88. The molecule has 3 unspecified atom stereocenters. The molecule has 0 saturated heterocycles. The van der Waals surface area contributed by atoms with Gasteiger partial charge in [0.25, 0.3) is 0 Å². The van der Waals surface area contributed by atoms with Crippen molar-refractivity contribution >= 4 is 42.3 Å². The van der Waals surface area contributed by atoms with Gasteiger partial charge >= 0.3 is 24.4 Å². The van der Waals surface area contributed by atoms with E-state index in [1.807, 2.05) is 20.8 Å². The second-order valence-corrected chi connectivity index (χ2v) is 7.09. The van der Waals surface area contributed by atoms with Gasteiger partial charge < -0.3 is 29.7 Å². The van der Waals surface area contributed by atoms with E-state index in [-0.39, 0.29) is 42.2 Å². The molecular weight excluding hydrogens is 470 g/mol. The normalized spacial score (nSPS) is 12.6. The molecule has 6 nitrogen and oxygen atoms in total. The van der Waals surface area contributed by atoms with Gasteiger partial charge in [-0.2, -0.15) is 0 Å². The van der Waals surface area contributed by atoms with E-state index in [0.29, 0.717) is 0 Å². The Morgan fingerprint density at radius 2 is 0.750 bits per heavy atom. The number of carboxylic acids is 3. The third-order valence-electron chi connectivity index (χ3n) is 4.18. The Kier molecular flexibility index (Phi) is 30.1. The summed E-state index contributed by atoms with van der Waals surface area (Å²) >= 11 is 0. The number of rotatable bonds is 12. The third kappa shape index (κ3) is 27.4. The van der Waals surface area contributed by atoms with Gasteiger partial charge in [0.1, 0.15) is 0 Å². The number of unbranched alkanes of at least 4 members (excludes halogenated alkanes) is 3. The van der Waals surface area contributed by atoms with E-state index in [1.165, 1.54) is 0 Å². The van der Waals surface area contributed by atoms with Crippen LogP contribution < -0.4 is 15.3 Å². The van der Waals surface area contributed by atoms with E-state index in [1.54, 1.807) is 20.8 Å². The molecule has 3 atom stereocenters. The van der Waals surface area contributed by atoms with Crippen LogP contribution in [-0.4, -0.2) is 42.3 Å². The molecule has 2 radical (unpaired) electrons. The van der Waals surface area contributed by atoms with Crippen LogP contribution in [0.3, 0.4) is 0 Å². The third-order valence-corrected chi connectivity index (χ3v) is 4.18. The van der Waals surface area contributed by atoms with Crippen LogP contribution in [0.4, 0.5) is 0 Å². The van der Waals surface area contributed by atoms with E-state index >= 15 is 0 Å². The molecule has 0 aromatic carbocycles. The molecule has 0 N–H and O–H groups in total. The summed E-state index contributed by atoms with van der Waals surface area (Å²) in [4.78, 5) is 30.3. The van der Waals surface area contributed by atoms with Gasteiger partial charge in [0.15, 0.2) is 0 Å². The van der Waals surface area contributed by atoms with E-state index in [0.717, 1.165) is 57.8 Å². The maximum atomic E-state index is 10.1. The molecule has 0 aliphatic carbocycles. The van der Waals surface area contributed by atoms with Gasteiger partial charge in [0.05, 0.1) is 0 Å².